The van der Waals surface area contributed by atoms with Crippen LogP contribution in [0.4, 0.5) is 11.5 Å². The number of carboxylic acids is 1. The summed E-state index contributed by atoms with van der Waals surface area (Å²) in [5.41, 5.74) is 8.67. The van der Waals surface area contributed by atoms with Crippen LogP contribution in [0.2, 0.25) is 10.0 Å². The average Bonchev–Trinajstić information content (AvgIpc) is 3.75. The van der Waals surface area contributed by atoms with Crippen LogP contribution in [0.1, 0.15) is 68.3 Å². The lowest BCUT2D eigenvalue weighted by Crippen LogP contribution is -2.44. The molecule has 0 unspecified atom stereocenters. The molecule has 0 saturated heterocycles. The predicted molar refractivity (Wildman–Crippen MR) is 232 cm³/mol. The van der Waals surface area contributed by atoms with Crippen LogP contribution in [0.5, 0.6) is 5.75 Å². The first-order valence-electron chi connectivity index (χ1n) is 19.3. The molecule has 4 heterocycles. The smallest absolute Gasteiger partial charge is 0.340 e. The number of benzene rings is 3. The van der Waals surface area contributed by atoms with Gasteiger partial charge in [0, 0.05) is 72.0 Å². The fourth-order valence-electron chi connectivity index (χ4n) is 8.59. The number of carbonyl (C=O) groups is 3. The predicted octanol–water partition coefficient (Wildman–Crippen LogP) is 8.53. The first-order chi connectivity index (χ1) is 27.4. The minimum atomic E-state index is -1.17. The van der Waals surface area contributed by atoms with Crippen molar-refractivity contribution in [3.05, 3.63) is 91.8 Å². The van der Waals surface area contributed by atoms with Gasteiger partial charge in [-0.05, 0) is 115 Å². The molecular weight excluding hydrogens is 777 g/mol. The highest BCUT2D eigenvalue weighted by Crippen LogP contribution is 2.46. The lowest BCUT2D eigenvalue weighted by atomic mass is 9.98. The lowest BCUT2D eigenvalue weighted by Gasteiger charge is -2.34. The number of hydrogen-bond donors (Lipinski definition) is 1. The molecule has 0 radical (unpaired) electrons. The van der Waals surface area contributed by atoms with Gasteiger partial charge in [-0.2, -0.15) is 5.10 Å². The molecule has 0 aliphatic carbocycles. The minimum Gasteiger partial charge on any atom is -0.494 e. The van der Waals surface area contributed by atoms with Crippen LogP contribution >= 0.6 is 23.2 Å². The van der Waals surface area contributed by atoms with Crippen LogP contribution in [0.15, 0.2) is 42.5 Å². The van der Waals surface area contributed by atoms with Gasteiger partial charge in [-0.1, -0.05) is 29.3 Å². The van der Waals surface area contributed by atoms with Gasteiger partial charge in [-0.25, -0.2) is 4.79 Å². The highest BCUT2D eigenvalue weighted by molar-refractivity contribution is 6.35. The number of fused-ring (bicyclic) bond motifs is 4. The molecule has 0 bridgehead atoms. The Morgan fingerprint density at radius 3 is 2.28 bits per heavy atom. The second-order valence-corrected chi connectivity index (χ2v) is 16.5. The Morgan fingerprint density at radius 2 is 1.66 bits per heavy atom. The van der Waals surface area contributed by atoms with Crippen LogP contribution < -0.4 is 14.5 Å². The highest BCUT2D eigenvalue weighted by atomic mass is 35.5. The van der Waals surface area contributed by atoms with Crippen molar-refractivity contribution in [2.75, 3.05) is 50.6 Å². The van der Waals surface area contributed by atoms with Gasteiger partial charge in [-0.15, -0.1) is 0 Å². The Balaban J connectivity index is 1.38. The molecule has 2 amide bonds. The Hall–Kier alpha value is -5.30. The van der Waals surface area contributed by atoms with Crippen molar-refractivity contribution < 1.29 is 24.2 Å². The van der Waals surface area contributed by atoms with E-state index in [0.29, 0.717) is 51.8 Å². The van der Waals surface area contributed by atoms with E-state index in [1.807, 2.05) is 84.7 Å². The van der Waals surface area contributed by atoms with E-state index >= 15 is 4.79 Å². The van der Waals surface area contributed by atoms with Gasteiger partial charge < -0.3 is 28.8 Å². The van der Waals surface area contributed by atoms with Crippen LogP contribution in [-0.2, 0) is 25.3 Å². The van der Waals surface area contributed by atoms with Crippen molar-refractivity contribution in [3.8, 4) is 16.9 Å². The number of halogens is 2. The molecule has 12 nitrogen and oxygen atoms in total. The van der Waals surface area contributed by atoms with Crippen molar-refractivity contribution in [1.82, 2.24) is 23.8 Å². The molecule has 1 atom stereocenters. The maximum Gasteiger partial charge on any atom is 0.340 e. The van der Waals surface area contributed by atoms with Crippen molar-refractivity contribution in [2.45, 2.75) is 53.5 Å². The molecule has 58 heavy (non-hydrogen) atoms. The minimum absolute atomic E-state index is 0.00763. The van der Waals surface area contributed by atoms with Crippen LogP contribution in [0.25, 0.3) is 32.9 Å². The molecular formula is C44H49Cl2N7O5. The summed E-state index contributed by atoms with van der Waals surface area (Å²) < 4.78 is 11.9. The van der Waals surface area contributed by atoms with Gasteiger partial charge in [0.05, 0.1) is 34.9 Å². The van der Waals surface area contributed by atoms with Crippen LogP contribution in [0, 0.1) is 27.7 Å². The van der Waals surface area contributed by atoms with E-state index in [9.17, 15) is 14.7 Å². The first kappa shape index (κ1) is 40.9. The zero-order valence-corrected chi connectivity index (χ0v) is 36.1. The summed E-state index contributed by atoms with van der Waals surface area (Å²) in [6, 6.07) is 12.7. The Labute approximate surface area is 348 Å². The Kier molecular flexibility index (Phi) is 10.9. The molecule has 3 aromatic carbocycles. The third-order valence-electron chi connectivity index (χ3n) is 11.4. The maximum atomic E-state index is 15.3. The topological polar surface area (TPSA) is 118 Å². The number of aromatic carboxylic acids is 1. The first-order valence-corrected chi connectivity index (χ1v) is 20.0. The molecule has 7 rings (SSSR count). The van der Waals surface area contributed by atoms with Crippen LogP contribution in [0.3, 0.4) is 0 Å². The fourth-order valence-corrected chi connectivity index (χ4v) is 8.94. The molecule has 14 heteroatoms. The van der Waals surface area contributed by atoms with Gasteiger partial charge in [0.2, 0.25) is 5.91 Å². The molecule has 1 N–H and O–H groups in total. The van der Waals surface area contributed by atoms with E-state index in [0.717, 1.165) is 55.9 Å². The SMILES string of the molecule is Cc1cc(OCCCc2c3n(c4c(-c5c(C)nn(C)c5C)c(Cl)ccc24)[C@H](C)CN(c2c(C(=O)O)c4cc(N(C)C(=O)CN(C)C)ccc4n2C)C3=O)cc(C)c1Cl. The van der Waals surface area contributed by atoms with Crippen molar-refractivity contribution in [3.63, 3.8) is 0 Å². The number of hydrogen-bond acceptors (Lipinski definition) is 6. The van der Waals surface area contributed by atoms with Crippen molar-refractivity contribution in [1.29, 1.82) is 0 Å². The number of aryl methyl sites for hydroxylation is 6. The third kappa shape index (κ3) is 6.80. The number of ether oxygens (including phenoxy) is 1. The highest BCUT2D eigenvalue weighted by Gasteiger charge is 2.40. The zero-order valence-electron chi connectivity index (χ0n) is 34.6. The number of amides is 2. The van der Waals surface area contributed by atoms with Gasteiger partial charge in [0.15, 0.2) is 0 Å². The standard InChI is InChI=1S/C44H49Cl2N7O5/c1-23-18-29(19-24(2)39(23)46)58-17-11-12-30-31-14-15-33(45)38(36-26(4)47-51(10)27(36)5)40(31)53-25(3)21-52(43(55)41(30)53)42-37(44(56)57)32-20-28(13-16-34(32)50(42)9)49(8)35(54)22-48(6)7/h13-16,18-20,25H,11-12,17,21-22H2,1-10H3,(H,56,57)/t25-/m1/s1. The second-order valence-electron chi connectivity index (χ2n) is 15.7. The number of rotatable bonds is 11. The average molecular weight is 827 g/mol. The molecule has 304 valence electrons. The number of aromatic nitrogens is 4. The van der Waals surface area contributed by atoms with Gasteiger partial charge in [0.1, 0.15) is 22.8 Å². The normalized spacial score (nSPS) is 14.3. The van der Waals surface area contributed by atoms with Gasteiger partial charge >= 0.3 is 5.97 Å². The third-order valence-corrected chi connectivity index (χ3v) is 12.3. The Morgan fingerprint density at radius 1 is 0.966 bits per heavy atom. The van der Waals surface area contributed by atoms with E-state index in [1.165, 1.54) is 4.90 Å². The largest absolute Gasteiger partial charge is 0.494 e. The van der Waals surface area contributed by atoms with Gasteiger partial charge in [0.25, 0.3) is 5.91 Å². The summed E-state index contributed by atoms with van der Waals surface area (Å²) in [5, 5.41) is 18.1. The number of likely N-dealkylation sites (N-methyl/N-ethyl adjacent to an activating group) is 2. The summed E-state index contributed by atoms with van der Waals surface area (Å²) in [6.45, 7) is 10.7. The summed E-state index contributed by atoms with van der Waals surface area (Å²) >= 11 is 13.5. The Bertz CT molecular complexity index is 2650. The number of carbonyl (C=O) groups excluding carboxylic acids is 2. The van der Waals surface area contributed by atoms with E-state index in [1.54, 1.807) is 46.7 Å². The quantitative estimate of drug-likeness (QED) is 0.130. The molecule has 3 aromatic heterocycles. The van der Waals surface area contributed by atoms with E-state index in [4.69, 9.17) is 33.0 Å². The number of nitrogens with zero attached hydrogens (tertiary/aromatic N) is 7. The molecule has 0 saturated carbocycles. The fraction of sp³-hybridized carbons (Fsp3) is 0.364. The van der Waals surface area contributed by atoms with Crippen molar-refractivity contribution in [2.24, 2.45) is 14.1 Å². The maximum absolute atomic E-state index is 15.3. The van der Waals surface area contributed by atoms with Gasteiger partial charge in [-0.3, -0.25) is 19.2 Å². The summed E-state index contributed by atoms with van der Waals surface area (Å²) in [5.74, 6) is -0.631. The molecule has 0 fully saturated rings. The zero-order chi connectivity index (χ0) is 42.1. The van der Waals surface area contributed by atoms with E-state index < -0.39 is 5.97 Å². The number of anilines is 2. The summed E-state index contributed by atoms with van der Waals surface area (Å²) in [7, 11) is 8.98. The summed E-state index contributed by atoms with van der Waals surface area (Å²) in [4.78, 5) is 46.5. The molecule has 0 spiro atoms. The number of carboxylic acid groups (broad SMARTS) is 1. The van der Waals surface area contributed by atoms with E-state index in [-0.39, 0.29) is 42.3 Å². The monoisotopic (exact) mass is 825 g/mol. The van der Waals surface area contributed by atoms with E-state index in [2.05, 4.69) is 4.57 Å². The summed E-state index contributed by atoms with van der Waals surface area (Å²) in [6.07, 6.45) is 1.09. The lowest BCUT2D eigenvalue weighted by molar-refractivity contribution is -0.118. The second kappa shape index (κ2) is 15.5. The van der Waals surface area contributed by atoms with Crippen molar-refractivity contribution >= 4 is 74.3 Å². The molecule has 6 aromatic rings. The molecule has 1 aliphatic rings. The van der Waals surface area contributed by atoms with Crippen LogP contribution in [-0.4, -0.2) is 87.5 Å². The molecule has 1 aliphatic heterocycles.